The average Bonchev–Trinajstić information content (AvgIpc) is 2.94. The summed E-state index contributed by atoms with van der Waals surface area (Å²) in [7, 11) is 0. The lowest BCUT2D eigenvalue weighted by Crippen LogP contribution is -2.14. The Kier molecular flexibility index (Phi) is 3.25. The Morgan fingerprint density at radius 1 is 1.25 bits per heavy atom. The standard InChI is InChI=1S/C15H15N3O2/c16-15(18-19)13-6-7-17-9-14(13)20-12-5-4-10-2-1-3-11(10)8-12/h4-9,19H,1-3H2,(H2,16,18). The molecule has 5 nitrogen and oxygen atoms in total. The summed E-state index contributed by atoms with van der Waals surface area (Å²) < 4.78 is 5.82. The third-order valence-electron chi connectivity index (χ3n) is 3.47. The fraction of sp³-hybridized carbons (Fsp3) is 0.200. The number of aryl methyl sites for hydroxylation is 2. The number of nitrogens with two attached hydrogens (primary N) is 1. The minimum Gasteiger partial charge on any atom is -0.455 e. The van der Waals surface area contributed by atoms with Crippen LogP contribution in [-0.2, 0) is 12.8 Å². The highest BCUT2D eigenvalue weighted by molar-refractivity contribution is 5.99. The monoisotopic (exact) mass is 269 g/mol. The van der Waals surface area contributed by atoms with Crippen LogP contribution in [0.25, 0.3) is 0 Å². The molecule has 0 saturated carbocycles. The zero-order valence-corrected chi connectivity index (χ0v) is 10.9. The van der Waals surface area contributed by atoms with Gasteiger partial charge in [0.15, 0.2) is 11.6 Å². The van der Waals surface area contributed by atoms with E-state index in [9.17, 15) is 0 Å². The summed E-state index contributed by atoms with van der Waals surface area (Å²) in [6, 6.07) is 7.73. The Labute approximate surface area is 116 Å². The summed E-state index contributed by atoms with van der Waals surface area (Å²) in [5.74, 6) is 1.22. The molecular weight excluding hydrogens is 254 g/mol. The molecule has 0 unspecified atom stereocenters. The molecule has 0 saturated heterocycles. The van der Waals surface area contributed by atoms with Crippen molar-refractivity contribution in [3.05, 3.63) is 53.3 Å². The molecule has 0 radical (unpaired) electrons. The number of amidine groups is 1. The van der Waals surface area contributed by atoms with E-state index in [2.05, 4.69) is 16.2 Å². The second-order valence-electron chi connectivity index (χ2n) is 4.74. The summed E-state index contributed by atoms with van der Waals surface area (Å²) >= 11 is 0. The van der Waals surface area contributed by atoms with Crippen molar-refractivity contribution < 1.29 is 9.94 Å². The Morgan fingerprint density at radius 2 is 2.10 bits per heavy atom. The molecule has 1 aliphatic carbocycles. The van der Waals surface area contributed by atoms with Crippen molar-refractivity contribution in [2.75, 3.05) is 0 Å². The lowest BCUT2D eigenvalue weighted by molar-refractivity contribution is 0.318. The number of nitrogens with zero attached hydrogens (tertiary/aromatic N) is 2. The zero-order chi connectivity index (χ0) is 13.9. The molecule has 3 rings (SSSR count). The van der Waals surface area contributed by atoms with Crippen molar-refractivity contribution in [1.29, 1.82) is 0 Å². The Bertz CT molecular complexity index is 668. The van der Waals surface area contributed by atoms with Crippen LogP contribution in [0, 0.1) is 0 Å². The van der Waals surface area contributed by atoms with E-state index in [1.165, 1.54) is 17.5 Å². The van der Waals surface area contributed by atoms with E-state index < -0.39 is 0 Å². The summed E-state index contributed by atoms with van der Waals surface area (Å²) in [4.78, 5) is 4.01. The van der Waals surface area contributed by atoms with Crippen LogP contribution >= 0.6 is 0 Å². The van der Waals surface area contributed by atoms with E-state index in [-0.39, 0.29) is 5.84 Å². The number of oxime groups is 1. The van der Waals surface area contributed by atoms with Gasteiger partial charge in [0.1, 0.15) is 5.75 Å². The molecule has 1 heterocycles. The quantitative estimate of drug-likeness (QED) is 0.388. The van der Waals surface area contributed by atoms with Crippen LogP contribution < -0.4 is 10.5 Å². The zero-order valence-electron chi connectivity index (χ0n) is 10.9. The molecule has 20 heavy (non-hydrogen) atoms. The van der Waals surface area contributed by atoms with Gasteiger partial charge in [-0.1, -0.05) is 11.2 Å². The molecular formula is C15H15N3O2. The Morgan fingerprint density at radius 3 is 2.95 bits per heavy atom. The summed E-state index contributed by atoms with van der Waals surface area (Å²) in [5, 5.41) is 11.8. The van der Waals surface area contributed by atoms with Crippen molar-refractivity contribution in [2.24, 2.45) is 10.9 Å². The van der Waals surface area contributed by atoms with E-state index in [4.69, 9.17) is 15.7 Å². The molecule has 3 N–H and O–H groups in total. The van der Waals surface area contributed by atoms with E-state index in [0.29, 0.717) is 11.3 Å². The normalized spacial score (nSPS) is 14.1. The maximum Gasteiger partial charge on any atom is 0.173 e. The number of fused-ring (bicyclic) bond motifs is 1. The van der Waals surface area contributed by atoms with Crippen LogP contribution in [0.3, 0.4) is 0 Å². The predicted octanol–water partition coefficient (Wildman–Crippen LogP) is 2.46. The van der Waals surface area contributed by atoms with Gasteiger partial charge in [0.2, 0.25) is 0 Å². The molecule has 0 spiro atoms. The average molecular weight is 269 g/mol. The maximum absolute atomic E-state index is 8.79. The largest absolute Gasteiger partial charge is 0.455 e. The molecule has 0 amide bonds. The summed E-state index contributed by atoms with van der Waals surface area (Å²) in [6.45, 7) is 0. The molecule has 0 bridgehead atoms. The van der Waals surface area contributed by atoms with Crippen LogP contribution in [0.15, 0.2) is 41.8 Å². The molecule has 1 aliphatic rings. The molecule has 2 aromatic rings. The maximum atomic E-state index is 8.79. The van der Waals surface area contributed by atoms with Crippen LogP contribution in [0.5, 0.6) is 11.5 Å². The fourth-order valence-electron chi connectivity index (χ4n) is 2.47. The molecule has 102 valence electrons. The molecule has 0 fully saturated rings. The smallest absolute Gasteiger partial charge is 0.173 e. The molecule has 1 aromatic heterocycles. The Hall–Kier alpha value is -2.56. The van der Waals surface area contributed by atoms with Crippen molar-refractivity contribution in [3.63, 3.8) is 0 Å². The third-order valence-corrected chi connectivity index (χ3v) is 3.47. The van der Waals surface area contributed by atoms with Gasteiger partial charge in [-0.2, -0.15) is 0 Å². The predicted molar refractivity (Wildman–Crippen MR) is 75.3 cm³/mol. The van der Waals surface area contributed by atoms with Gasteiger partial charge in [0.25, 0.3) is 0 Å². The highest BCUT2D eigenvalue weighted by Gasteiger charge is 2.13. The van der Waals surface area contributed by atoms with Crippen LogP contribution in [-0.4, -0.2) is 16.0 Å². The van der Waals surface area contributed by atoms with Gasteiger partial charge in [-0.15, -0.1) is 0 Å². The number of hydrogen-bond donors (Lipinski definition) is 2. The first-order chi connectivity index (χ1) is 9.78. The van der Waals surface area contributed by atoms with Gasteiger partial charge in [-0.05, 0) is 48.6 Å². The van der Waals surface area contributed by atoms with Gasteiger partial charge in [-0.25, -0.2) is 0 Å². The Balaban J connectivity index is 1.92. The number of hydrogen-bond acceptors (Lipinski definition) is 4. The number of benzene rings is 1. The highest BCUT2D eigenvalue weighted by Crippen LogP contribution is 2.30. The van der Waals surface area contributed by atoms with Crippen LogP contribution in [0.2, 0.25) is 0 Å². The summed E-state index contributed by atoms with van der Waals surface area (Å²) in [6.07, 6.45) is 6.55. The van der Waals surface area contributed by atoms with Gasteiger partial charge in [-0.3, -0.25) is 4.98 Å². The second kappa shape index (κ2) is 5.21. The van der Waals surface area contributed by atoms with Gasteiger partial charge in [0, 0.05) is 6.20 Å². The van der Waals surface area contributed by atoms with Crippen molar-refractivity contribution in [3.8, 4) is 11.5 Å². The first-order valence-corrected chi connectivity index (χ1v) is 6.49. The number of pyridine rings is 1. The van der Waals surface area contributed by atoms with Gasteiger partial charge < -0.3 is 15.7 Å². The fourth-order valence-corrected chi connectivity index (χ4v) is 2.47. The topological polar surface area (TPSA) is 80.7 Å². The number of ether oxygens (including phenoxy) is 1. The minimum absolute atomic E-state index is 0.00330. The van der Waals surface area contributed by atoms with Gasteiger partial charge >= 0.3 is 0 Å². The highest BCUT2D eigenvalue weighted by atomic mass is 16.5. The number of aromatic nitrogens is 1. The van der Waals surface area contributed by atoms with E-state index >= 15 is 0 Å². The molecule has 0 atom stereocenters. The number of rotatable bonds is 3. The van der Waals surface area contributed by atoms with Gasteiger partial charge in [0.05, 0.1) is 11.8 Å². The van der Waals surface area contributed by atoms with Crippen LogP contribution in [0.4, 0.5) is 0 Å². The van der Waals surface area contributed by atoms with E-state index in [1.54, 1.807) is 18.5 Å². The SMILES string of the molecule is N/C(=N/O)c1ccncc1Oc1ccc2c(c1)CCC2. The van der Waals surface area contributed by atoms with E-state index in [0.717, 1.165) is 18.6 Å². The lowest BCUT2D eigenvalue weighted by Gasteiger charge is -2.10. The third kappa shape index (κ3) is 2.30. The second-order valence-corrected chi connectivity index (χ2v) is 4.74. The van der Waals surface area contributed by atoms with E-state index in [1.807, 2.05) is 12.1 Å². The minimum atomic E-state index is 0.00330. The molecule has 0 aliphatic heterocycles. The van der Waals surface area contributed by atoms with Crippen molar-refractivity contribution in [1.82, 2.24) is 4.98 Å². The summed E-state index contributed by atoms with van der Waals surface area (Å²) in [5.41, 5.74) is 8.87. The lowest BCUT2D eigenvalue weighted by atomic mass is 10.1. The van der Waals surface area contributed by atoms with Crippen LogP contribution in [0.1, 0.15) is 23.1 Å². The first-order valence-electron chi connectivity index (χ1n) is 6.49. The van der Waals surface area contributed by atoms with Crippen molar-refractivity contribution >= 4 is 5.84 Å². The van der Waals surface area contributed by atoms with Crippen molar-refractivity contribution in [2.45, 2.75) is 19.3 Å². The first kappa shape index (κ1) is 12.5. The molecule has 1 aromatic carbocycles. The molecule has 5 heteroatoms.